The Morgan fingerprint density at radius 2 is 1.68 bits per heavy atom. The van der Waals surface area contributed by atoms with Crippen LogP contribution in [0.4, 0.5) is 11.6 Å². The number of piperazine rings is 1. The molecule has 1 aliphatic rings. The van der Waals surface area contributed by atoms with Crippen molar-refractivity contribution < 1.29 is 9.47 Å². The zero-order chi connectivity index (χ0) is 32.4. The number of nitrogens with one attached hydrogen (secondary N) is 1. The van der Waals surface area contributed by atoms with Crippen LogP contribution in [0.2, 0.25) is 0 Å². The highest BCUT2D eigenvalue weighted by Crippen LogP contribution is 2.46. The predicted molar refractivity (Wildman–Crippen MR) is 192 cm³/mol. The molecule has 3 aromatic carbocycles. The number of anilines is 2. The normalized spacial score (nSPS) is 13.6. The topological polar surface area (TPSA) is 86.5 Å². The summed E-state index contributed by atoms with van der Waals surface area (Å²) in [5, 5.41) is 13.6. The molecule has 2 aromatic heterocycles. The highest BCUT2D eigenvalue weighted by Gasteiger charge is 2.22. The smallest absolute Gasteiger partial charge is 0.227 e. The van der Waals surface area contributed by atoms with Crippen molar-refractivity contribution in [3.8, 4) is 45.0 Å². The second kappa shape index (κ2) is 15.9. The summed E-state index contributed by atoms with van der Waals surface area (Å²) >= 11 is 3.13. The lowest BCUT2D eigenvalue weighted by atomic mass is 10.0. The molecule has 0 radical (unpaired) electrons. The molecule has 0 amide bonds. The van der Waals surface area contributed by atoms with Crippen LogP contribution in [0.1, 0.15) is 18.9 Å². The van der Waals surface area contributed by atoms with Gasteiger partial charge in [-0.25, -0.2) is 9.97 Å². The molecule has 240 valence electrons. The van der Waals surface area contributed by atoms with E-state index in [1.54, 1.807) is 29.3 Å². The van der Waals surface area contributed by atoms with Crippen LogP contribution in [0, 0.1) is 11.3 Å². The zero-order valence-electron chi connectivity index (χ0n) is 26.7. The number of hydrogen-bond donors (Lipinski definition) is 1. The Morgan fingerprint density at radius 3 is 2.47 bits per heavy atom. The highest BCUT2D eigenvalue weighted by atomic mass is 32.2. The Bertz CT molecular complexity index is 1820. The summed E-state index contributed by atoms with van der Waals surface area (Å²) in [6.45, 7) is 9.64. The zero-order valence-corrected chi connectivity index (χ0v) is 28.3. The van der Waals surface area contributed by atoms with Gasteiger partial charge in [-0.05, 0) is 67.2 Å². The summed E-state index contributed by atoms with van der Waals surface area (Å²) < 4.78 is 13.2. The summed E-state index contributed by atoms with van der Waals surface area (Å²) in [7, 11) is 0. The van der Waals surface area contributed by atoms with Crippen LogP contribution in [0.15, 0.2) is 95.3 Å². The lowest BCUT2D eigenvalue weighted by Crippen LogP contribution is -2.46. The number of nitrogens with zero attached hydrogens (tertiary/aromatic N) is 5. The molecule has 0 bridgehead atoms. The van der Waals surface area contributed by atoms with Crippen molar-refractivity contribution in [3.05, 3.63) is 96.7 Å². The summed E-state index contributed by atoms with van der Waals surface area (Å²) in [5.74, 6) is 2.73. The fourth-order valence-corrected chi connectivity index (χ4v) is 7.51. The van der Waals surface area contributed by atoms with Crippen molar-refractivity contribution in [2.75, 3.05) is 57.4 Å². The third-order valence-electron chi connectivity index (χ3n) is 8.05. The van der Waals surface area contributed by atoms with Crippen LogP contribution in [-0.2, 0) is 0 Å². The summed E-state index contributed by atoms with van der Waals surface area (Å²) in [6.07, 6.45) is 4.72. The third-order valence-corrected chi connectivity index (χ3v) is 10.4. The second-order valence-corrected chi connectivity index (χ2v) is 13.2. The number of aromatic nitrogens is 2. The maximum Gasteiger partial charge on any atom is 0.227 e. The van der Waals surface area contributed by atoms with Crippen molar-refractivity contribution in [3.63, 3.8) is 0 Å². The molecule has 0 unspecified atom stereocenters. The van der Waals surface area contributed by atoms with Crippen LogP contribution >= 0.6 is 23.1 Å². The molecular weight excluding hydrogens is 625 g/mol. The van der Waals surface area contributed by atoms with E-state index in [0.29, 0.717) is 23.9 Å². The van der Waals surface area contributed by atoms with E-state index in [4.69, 9.17) is 14.5 Å². The predicted octanol–water partition coefficient (Wildman–Crippen LogP) is 8.41. The second-order valence-electron chi connectivity index (χ2n) is 11.1. The first-order valence-electron chi connectivity index (χ1n) is 15.9. The lowest BCUT2D eigenvalue weighted by Gasteiger charge is -2.33. The lowest BCUT2D eigenvalue weighted by molar-refractivity contribution is 0.130. The molecule has 1 fully saturated rings. The van der Waals surface area contributed by atoms with E-state index in [0.717, 1.165) is 88.8 Å². The first kappa shape index (κ1) is 32.5. The Labute approximate surface area is 285 Å². The van der Waals surface area contributed by atoms with E-state index in [1.165, 1.54) is 0 Å². The number of nitriles is 1. The van der Waals surface area contributed by atoms with E-state index in [9.17, 15) is 5.26 Å². The van der Waals surface area contributed by atoms with Gasteiger partial charge < -0.3 is 24.6 Å². The van der Waals surface area contributed by atoms with E-state index in [2.05, 4.69) is 33.1 Å². The first-order chi connectivity index (χ1) is 23.1. The number of thioether (sulfide) groups is 1. The average Bonchev–Trinajstić information content (AvgIpc) is 3.50. The number of thiophene rings is 1. The molecule has 0 saturated carbocycles. The van der Waals surface area contributed by atoms with Gasteiger partial charge in [0.1, 0.15) is 23.3 Å². The molecule has 8 nitrogen and oxygen atoms in total. The minimum absolute atomic E-state index is 0.468. The quantitative estimate of drug-likeness (QED) is 0.0987. The first-order valence-corrected chi connectivity index (χ1v) is 17.9. The van der Waals surface area contributed by atoms with Crippen LogP contribution in [-0.4, -0.2) is 71.9 Å². The van der Waals surface area contributed by atoms with E-state index in [-0.39, 0.29) is 0 Å². The van der Waals surface area contributed by atoms with E-state index in [1.807, 2.05) is 91.2 Å². The monoisotopic (exact) mass is 662 g/mol. The highest BCUT2D eigenvalue weighted by molar-refractivity contribution is 8.00. The molecule has 47 heavy (non-hydrogen) atoms. The van der Waals surface area contributed by atoms with E-state index >= 15 is 0 Å². The molecule has 3 heterocycles. The Morgan fingerprint density at radius 1 is 0.915 bits per heavy atom. The van der Waals surface area contributed by atoms with Crippen molar-refractivity contribution >= 4 is 34.7 Å². The largest absolute Gasteiger partial charge is 0.493 e. The Balaban J connectivity index is 1.17. The molecule has 6 rings (SSSR count). The van der Waals surface area contributed by atoms with Crippen molar-refractivity contribution in [1.29, 1.82) is 5.26 Å². The van der Waals surface area contributed by atoms with Crippen LogP contribution in [0.3, 0.4) is 0 Å². The number of hydrogen-bond acceptors (Lipinski definition) is 10. The molecular formula is C37H38N6O2S2. The Kier molecular flexibility index (Phi) is 11.0. The average molecular weight is 663 g/mol. The van der Waals surface area contributed by atoms with Gasteiger partial charge in [-0.3, -0.25) is 0 Å². The summed E-state index contributed by atoms with van der Waals surface area (Å²) in [5.41, 5.74) is 3.95. The molecule has 1 aliphatic heterocycles. The van der Waals surface area contributed by atoms with Crippen molar-refractivity contribution in [2.45, 2.75) is 17.6 Å². The summed E-state index contributed by atoms with van der Waals surface area (Å²) in [6, 6.07) is 29.8. The maximum atomic E-state index is 10.2. The number of benzene rings is 3. The fourth-order valence-electron chi connectivity index (χ4n) is 5.60. The van der Waals surface area contributed by atoms with Crippen molar-refractivity contribution in [2.24, 2.45) is 0 Å². The molecule has 10 heteroatoms. The number of para-hydroxylation sites is 1. The van der Waals surface area contributed by atoms with Crippen LogP contribution < -0.4 is 14.8 Å². The molecule has 1 saturated heterocycles. The standard InChI is InChI=1S/C37H38N6O2S2/c1-3-42-19-21-43(22-20-42)18-9-23-44-30-14-8-11-28(25-30)40-37-39-17-16-33(41-37)35-34(32(26-38)36(46-2)47-35)27-10-7-15-31(24-27)45-29-12-5-4-6-13-29/h4-8,10-17,24-25H,3,9,18-23H2,1-2H3,(H,39,40,41). The molecule has 0 aliphatic carbocycles. The molecule has 0 atom stereocenters. The van der Waals surface area contributed by atoms with E-state index < -0.39 is 0 Å². The van der Waals surface area contributed by atoms with Gasteiger partial charge in [-0.2, -0.15) is 5.26 Å². The van der Waals surface area contributed by atoms with Gasteiger partial charge in [0.05, 0.1) is 27.0 Å². The van der Waals surface area contributed by atoms with Gasteiger partial charge in [0, 0.05) is 56.2 Å². The molecule has 5 aromatic rings. The Hall–Kier alpha value is -4.40. The number of ether oxygens (including phenoxy) is 2. The van der Waals surface area contributed by atoms with Crippen LogP contribution in [0.5, 0.6) is 17.2 Å². The fraction of sp³-hybridized carbons (Fsp3) is 0.270. The van der Waals surface area contributed by atoms with Gasteiger partial charge >= 0.3 is 0 Å². The van der Waals surface area contributed by atoms with Crippen LogP contribution in [0.25, 0.3) is 21.7 Å². The number of likely N-dealkylation sites (N-methyl/N-ethyl adjacent to an activating group) is 1. The summed E-state index contributed by atoms with van der Waals surface area (Å²) in [4.78, 5) is 15.3. The van der Waals surface area contributed by atoms with Gasteiger partial charge in [0.15, 0.2) is 0 Å². The van der Waals surface area contributed by atoms with Crippen molar-refractivity contribution in [1.82, 2.24) is 19.8 Å². The molecule has 0 spiro atoms. The third kappa shape index (κ3) is 8.31. The number of rotatable bonds is 13. The van der Waals surface area contributed by atoms with Gasteiger partial charge in [-0.15, -0.1) is 23.1 Å². The van der Waals surface area contributed by atoms with Gasteiger partial charge in [0.25, 0.3) is 0 Å². The minimum atomic E-state index is 0.468. The van der Waals surface area contributed by atoms with Gasteiger partial charge in [-0.1, -0.05) is 43.3 Å². The SMILES string of the molecule is CCN1CCN(CCCOc2cccc(Nc3nccc(-c4sc(SC)c(C#N)c4-c4cccc(Oc5ccccc5)c4)n3)c2)CC1. The maximum absolute atomic E-state index is 10.2. The van der Waals surface area contributed by atoms with Gasteiger partial charge in [0.2, 0.25) is 5.95 Å². The minimum Gasteiger partial charge on any atom is -0.493 e. The molecule has 1 N–H and O–H groups in total.